The third-order valence-electron chi connectivity index (χ3n) is 1.35. The number of hydrogen-bond acceptors (Lipinski definition) is 0. The molecule has 0 radical (unpaired) electrons. The largest absolute Gasteiger partial charge is 0.0991 e. The van der Waals surface area contributed by atoms with Crippen molar-refractivity contribution >= 4 is 0 Å². The van der Waals surface area contributed by atoms with Crippen molar-refractivity contribution in [2.24, 2.45) is 0 Å². The molecule has 0 saturated heterocycles. The lowest BCUT2D eigenvalue weighted by molar-refractivity contribution is 1.41. The molecule has 0 aliphatic heterocycles. The van der Waals surface area contributed by atoms with Gasteiger partial charge in [0, 0.05) is 0 Å². The van der Waals surface area contributed by atoms with Gasteiger partial charge in [-0.25, -0.2) is 0 Å². The molecule has 0 N–H and O–H groups in total. The maximum Gasteiger partial charge on any atom is -0.0276 e. The molecule has 54 valence electrons. The van der Waals surface area contributed by atoms with E-state index in [0.717, 1.165) is 0 Å². The molecule has 0 aromatic rings. The molecule has 0 bridgehead atoms. The van der Waals surface area contributed by atoms with Crippen molar-refractivity contribution in [1.29, 1.82) is 0 Å². The smallest absolute Gasteiger partial charge is 0.0276 e. The fourth-order valence-electron chi connectivity index (χ4n) is 0.780. The van der Waals surface area contributed by atoms with Gasteiger partial charge in [-0.05, 0) is 25.0 Å². The van der Waals surface area contributed by atoms with E-state index in [9.17, 15) is 0 Å². The first-order valence-corrected chi connectivity index (χ1v) is 3.34. The summed E-state index contributed by atoms with van der Waals surface area (Å²) >= 11 is 0. The van der Waals surface area contributed by atoms with Crippen LogP contribution in [-0.2, 0) is 0 Å². The monoisotopic (exact) mass is 134 g/mol. The Morgan fingerprint density at radius 3 is 2.20 bits per heavy atom. The Morgan fingerprint density at radius 2 is 1.90 bits per heavy atom. The van der Waals surface area contributed by atoms with Gasteiger partial charge in [0.15, 0.2) is 0 Å². The van der Waals surface area contributed by atoms with Gasteiger partial charge < -0.3 is 0 Å². The van der Waals surface area contributed by atoms with Gasteiger partial charge in [0.05, 0.1) is 0 Å². The van der Waals surface area contributed by atoms with Crippen LogP contribution in [0.4, 0.5) is 0 Å². The fraction of sp³-hybridized carbons (Fsp3) is 0.200. The fourth-order valence-corrected chi connectivity index (χ4v) is 0.780. The summed E-state index contributed by atoms with van der Waals surface area (Å²) in [4.78, 5) is 0. The Hall–Kier alpha value is -1.04. The number of rotatable bonds is 3. The van der Waals surface area contributed by atoms with Crippen molar-refractivity contribution in [3.8, 4) is 0 Å². The first-order chi connectivity index (χ1) is 4.76. The van der Waals surface area contributed by atoms with Gasteiger partial charge in [-0.2, -0.15) is 0 Å². The molecular weight excluding hydrogens is 120 g/mol. The second-order valence-corrected chi connectivity index (χ2v) is 2.03. The van der Waals surface area contributed by atoms with Crippen molar-refractivity contribution in [3.63, 3.8) is 0 Å². The van der Waals surface area contributed by atoms with Gasteiger partial charge in [-0.1, -0.05) is 37.5 Å². The Bertz CT molecular complexity index is 180. The van der Waals surface area contributed by atoms with Gasteiger partial charge in [0.2, 0.25) is 0 Å². The van der Waals surface area contributed by atoms with Crippen LogP contribution < -0.4 is 0 Å². The molecule has 10 heavy (non-hydrogen) atoms. The molecule has 0 saturated carbocycles. The van der Waals surface area contributed by atoms with Gasteiger partial charge >= 0.3 is 0 Å². The highest BCUT2D eigenvalue weighted by atomic mass is 13.9. The van der Waals surface area contributed by atoms with E-state index in [-0.39, 0.29) is 0 Å². The predicted molar refractivity (Wildman–Crippen MR) is 47.9 cm³/mol. The molecule has 0 spiro atoms. The molecule has 0 atom stereocenters. The summed E-state index contributed by atoms with van der Waals surface area (Å²) in [5.74, 6) is 0. The third kappa shape index (κ3) is 2.49. The van der Waals surface area contributed by atoms with Crippen LogP contribution in [0.3, 0.4) is 0 Å². The van der Waals surface area contributed by atoms with E-state index >= 15 is 0 Å². The quantitative estimate of drug-likeness (QED) is 0.520. The summed E-state index contributed by atoms with van der Waals surface area (Å²) in [7, 11) is 0. The van der Waals surface area contributed by atoms with Crippen LogP contribution in [0.15, 0.2) is 48.6 Å². The minimum Gasteiger partial charge on any atom is -0.0991 e. The molecular formula is C10H14. The Morgan fingerprint density at radius 1 is 1.30 bits per heavy atom. The first kappa shape index (κ1) is 8.96. The van der Waals surface area contributed by atoms with Crippen molar-refractivity contribution in [2.75, 3.05) is 0 Å². The maximum atomic E-state index is 3.69. The highest BCUT2D eigenvalue weighted by Crippen LogP contribution is 2.08. The summed E-state index contributed by atoms with van der Waals surface area (Å²) in [5.41, 5.74) is 2.37. The molecule has 0 aromatic carbocycles. The van der Waals surface area contributed by atoms with Crippen LogP contribution in [0.1, 0.15) is 13.8 Å². The minimum atomic E-state index is 1.17. The second kappa shape index (κ2) is 4.80. The Labute approximate surface area is 63.3 Å². The van der Waals surface area contributed by atoms with Gasteiger partial charge in [-0.3, -0.25) is 0 Å². The van der Waals surface area contributed by atoms with Crippen LogP contribution in [-0.4, -0.2) is 0 Å². The van der Waals surface area contributed by atoms with Crippen LogP contribution in [0.5, 0.6) is 0 Å². The molecule has 0 unspecified atom stereocenters. The minimum absolute atomic E-state index is 1.17. The third-order valence-corrected chi connectivity index (χ3v) is 1.35. The van der Waals surface area contributed by atoms with E-state index in [1.54, 1.807) is 6.08 Å². The highest BCUT2D eigenvalue weighted by Gasteiger charge is 1.88. The highest BCUT2D eigenvalue weighted by molar-refractivity contribution is 5.38. The topological polar surface area (TPSA) is 0 Å². The van der Waals surface area contributed by atoms with E-state index in [2.05, 4.69) is 13.2 Å². The lowest BCUT2D eigenvalue weighted by atomic mass is 10.1. The average Bonchev–Trinajstić information content (AvgIpc) is 1.91. The van der Waals surface area contributed by atoms with Crippen molar-refractivity contribution in [2.45, 2.75) is 13.8 Å². The summed E-state index contributed by atoms with van der Waals surface area (Å²) in [6, 6.07) is 0. The summed E-state index contributed by atoms with van der Waals surface area (Å²) in [6.45, 7) is 11.3. The molecule has 0 heterocycles. The van der Waals surface area contributed by atoms with E-state index in [0.29, 0.717) is 0 Å². The Kier molecular flexibility index (Phi) is 4.30. The number of allylic oxidation sites excluding steroid dienone is 6. The van der Waals surface area contributed by atoms with Gasteiger partial charge in [0.25, 0.3) is 0 Å². The second-order valence-electron chi connectivity index (χ2n) is 2.03. The molecule has 0 heteroatoms. The lowest BCUT2D eigenvalue weighted by Gasteiger charge is -1.97. The van der Waals surface area contributed by atoms with E-state index in [1.807, 2.05) is 32.1 Å². The van der Waals surface area contributed by atoms with E-state index in [4.69, 9.17) is 0 Å². The molecule has 0 aliphatic carbocycles. The average molecular weight is 134 g/mol. The van der Waals surface area contributed by atoms with Crippen molar-refractivity contribution in [1.82, 2.24) is 0 Å². The molecule has 0 amide bonds. The lowest BCUT2D eigenvalue weighted by Crippen LogP contribution is -1.77. The van der Waals surface area contributed by atoms with Crippen LogP contribution in [0.25, 0.3) is 0 Å². The summed E-state index contributed by atoms with van der Waals surface area (Å²) in [6.07, 6.45) is 7.62. The SMILES string of the molecule is C=C/C=C(C)\C(C=C)=C/C. The first-order valence-electron chi connectivity index (χ1n) is 3.34. The molecule has 0 aliphatic rings. The van der Waals surface area contributed by atoms with Crippen LogP contribution >= 0.6 is 0 Å². The van der Waals surface area contributed by atoms with Crippen LogP contribution in [0, 0.1) is 0 Å². The molecule has 0 aromatic heterocycles. The predicted octanol–water partition coefficient (Wildman–Crippen LogP) is 3.25. The van der Waals surface area contributed by atoms with E-state index < -0.39 is 0 Å². The van der Waals surface area contributed by atoms with Crippen LogP contribution in [0.2, 0.25) is 0 Å². The van der Waals surface area contributed by atoms with E-state index in [1.165, 1.54) is 11.1 Å². The molecule has 0 fully saturated rings. The van der Waals surface area contributed by atoms with Gasteiger partial charge in [-0.15, -0.1) is 0 Å². The zero-order valence-corrected chi connectivity index (χ0v) is 6.72. The molecule has 0 nitrogen and oxygen atoms in total. The zero-order valence-electron chi connectivity index (χ0n) is 6.72. The molecule has 0 rings (SSSR count). The Balaban J connectivity index is 4.45. The summed E-state index contributed by atoms with van der Waals surface area (Å²) < 4.78 is 0. The normalized spacial score (nSPS) is 13.0. The number of hydrogen-bond donors (Lipinski definition) is 0. The maximum absolute atomic E-state index is 3.69. The van der Waals surface area contributed by atoms with Crippen molar-refractivity contribution < 1.29 is 0 Å². The van der Waals surface area contributed by atoms with Crippen molar-refractivity contribution in [3.05, 3.63) is 48.6 Å². The summed E-state index contributed by atoms with van der Waals surface area (Å²) in [5, 5.41) is 0. The standard InChI is InChI=1S/C10H14/c1-5-8-9(4)10(6-2)7-3/h5-8H,1-2H2,3-4H3/b9-8-,10-7-. The van der Waals surface area contributed by atoms with Gasteiger partial charge in [0.1, 0.15) is 0 Å². The zero-order chi connectivity index (χ0) is 7.98.